The molecule has 0 aromatic rings. The Balaban J connectivity index is -0.0000000145. The fraction of sp³-hybridized carbons (Fsp3) is 0. The van der Waals surface area contributed by atoms with E-state index in [0.717, 1.165) is 21.4 Å². The summed E-state index contributed by atoms with van der Waals surface area (Å²) >= 11 is 0. The summed E-state index contributed by atoms with van der Waals surface area (Å²) < 4.78 is 0. The van der Waals surface area contributed by atoms with Crippen molar-refractivity contribution in [2.45, 2.75) is 0 Å². The van der Waals surface area contributed by atoms with Crippen molar-refractivity contribution in [3.05, 3.63) is 40.5 Å². The first-order valence-electron chi connectivity index (χ1n) is 1.46. The minimum atomic E-state index is 0. The zero-order valence-corrected chi connectivity index (χ0v) is 7.40. The third kappa shape index (κ3) is 523. The van der Waals surface area contributed by atoms with Crippen molar-refractivity contribution in [2.24, 2.45) is 21.4 Å². The first-order valence-corrected chi connectivity index (χ1v) is 1.46. The van der Waals surface area contributed by atoms with Gasteiger partial charge in [-0.15, -0.1) is 21.4 Å². The van der Waals surface area contributed by atoms with E-state index in [-0.39, 0.29) is 28.8 Å². The Morgan fingerprint density at radius 3 is 0.571 bits per heavy atom. The van der Waals surface area contributed by atoms with Crippen LogP contribution in [0.1, 0.15) is 0 Å². The number of hydrogen-bond donors (Lipinski definition) is 0. The largest absolute Gasteiger partial charge is 3.00 e. The molecule has 0 bridgehead atoms. The van der Waals surface area contributed by atoms with Gasteiger partial charge in [-0.2, -0.15) is 0 Å². The van der Waals surface area contributed by atoms with E-state index in [1.807, 2.05) is 0 Å². The van der Waals surface area contributed by atoms with Crippen LogP contribution in [0.25, 0.3) is 0 Å². The zero-order chi connectivity index (χ0) is 10.8. The molecular formula is LiN4O8P. The van der Waals surface area contributed by atoms with Gasteiger partial charge in [0.1, 0.15) is 0 Å². The topological polar surface area (TPSA) is 210 Å². The maximum Gasteiger partial charge on any atom is 3.00 e. The van der Waals surface area contributed by atoms with Crippen molar-refractivity contribution in [3.8, 4) is 0 Å². The molecule has 0 fully saturated rings. The Morgan fingerprint density at radius 2 is 0.571 bits per heavy atom. The SMILES string of the molecule is O=N[O-].O=N[O-].O=N[O-].O=N[O-].[Li+].[P+3]. The van der Waals surface area contributed by atoms with Gasteiger partial charge in [0, 0.05) is 0 Å². The third-order valence-electron chi connectivity index (χ3n) is 0. The summed E-state index contributed by atoms with van der Waals surface area (Å²) in [5.41, 5.74) is 0. The molecule has 0 aromatic heterocycles. The van der Waals surface area contributed by atoms with E-state index in [1.165, 1.54) is 0 Å². The Bertz CT molecular complexity index is 75.3. The van der Waals surface area contributed by atoms with Gasteiger partial charge in [-0.05, 0) is 0 Å². The maximum atomic E-state index is 8.00. The van der Waals surface area contributed by atoms with Crippen LogP contribution in [0.2, 0.25) is 0 Å². The summed E-state index contributed by atoms with van der Waals surface area (Å²) in [7, 11) is 0. The summed E-state index contributed by atoms with van der Waals surface area (Å²) in [5.74, 6) is 0. The summed E-state index contributed by atoms with van der Waals surface area (Å²) in [6.45, 7) is 0. The molecule has 0 aliphatic carbocycles. The number of rotatable bonds is 0. The Kier molecular flexibility index (Phi) is 528. The second-order valence-corrected chi connectivity index (χ2v) is 0.298. The van der Waals surface area contributed by atoms with Crippen molar-refractivity contribution < 1.29 is 18.9 Å². The molecular weight excluding hydrogens is 222 g/mol. The van der Waals surface area contributed by atoms with E-state index >= 15 is 0 Å². The molecule has 0 N–H and O–H groups in total. The summed E-state index contributed by atoms with van der Waals surface area (Å²) in [6.07, 6.45) is 0. The molecule has 0 saturated carbocycles. The normalized spacial score (nSPS) is 3.43. The molecule has 2 radical (unpaired) electrons. The minimum Gasteiger partial charge on any atom is -0.444 e. The summed E-state index contributed by atoms with van der Waals surface area (Å²) in [4.78, 5) is 32.0. The average Bonchev–Trinajstić information content (AvgIpc) is 1.92. The summed E-state index contributed by atoms with van der Waals surface area (Å²) in [5, 5.41) is 36.0. The van der Waals surface area contributed by atoms with Gasteiger partial charge in [-0.25, -0.2) is 0 Å². The van der Waals surface area contributed by atoms with Crippen LogP contribution in [-0.4, -0.2) is 0 Å². The van der Waals surface area contributed by atoms with E-state index in [4.69, 9.17) is 40.5 Å². The standard InChI is InChI=1S/Li.4HNO2.P/c;4*2-1-3;/h;4*(H,2,3);/q+1;;;;;+3/p-4. The monoisotopic (exact) mass is 222 g/mol. The van der Waals surface area contributed by atoms with Gasteiger partial charge < -0.3 is 40.5 Å². The molecule has 0 rings (SSSR count). The first kappa shape index (κ1) is 38.9. The minimum absolute atomic E-state index is 0. The predicted molar refractivity (Wildman–Crippen MR) is 43.6 cm³/mol. The Hall–Kier alpha value is -1.37. The maximum absolute atomic E-state index is 8.00. The van der Waals surface area contributed by atoms with E-state index < -0.39 is 0 Å². The Morgan fingerprint density at radius 1 is 0.571 bits per heavy atom. The van der Waals surface area contributed by atoms with Crippen molar-refractivity contribution in [1.82, 2.24) is 0 Å². The van der Waals surface area contributed by atoms with Gasteiger partial charge in [0.05, 0.1) is 0 Å². The molecule has 0 aliphatic heterocycles. The third-order valence-corrected chi connectivity index (χ3v) is 0. The average molecular weight is 222 g/mol. The number of nitrogens with zero attached hydrogens (tertiary/aromatic N) is 4. The van der Waals surface area contributed by atoms with E-state index in [2.05, 4.69) is 0 Å². The quantitative estimate of drug-likeness (QED) is 0.211. The van der Waals surface area contributed by atoms with E-state index in [1.54, 1.807) is 0 Å². The second kappa shape index (κ2) is 190. The molecule has 0 spiro atoms. The van der Waals surface area contributed by atoms with Gasteiger partial charge in [0.25, 0.3) is 0 Å². The van der Waals surface area contributed by atoms with Crippen LogP contribution in [0.5, 0.6) is 0 Å². The van der Waals surface area contributed by atoms with Crippen molar-refractivity contribution in [1.29, 1.82) is 0 Å². The Labute approximate surface area is 91.2 Å². The molecule has 74 valence electrons. The van der Waals surface area contributed by atoms with Crippen LogP contribution >= 0.6 is 9.90 Å². The summed E-state index contributed by atoms with van der Waals surface area (Å²) in [6, 6.07) is 0. The van der Waals surface area contributed by atoms with Crippen LogP contribution in [0, 0.1) is 40.5 Å². The van der Waals surface area contributed by atoms with Gasteiger partial charge in [-0.3, -0.25) is 0 Å². The van der Waals surface area contributed by atoms with E-state index in [0.29, 0.717) is 0 Å². The molecule has 14 heavy (non-hydrogen) atoms. The first-order chi connectivity index (χ1) is 5.66. The molecule has 0 heterocycles. The molecule has 0 atom stereocenters. The second-order valence-electron chi connectivity index (χ2n) is 0.298. The molecule has 12 nitrogen and oxygen atoms in total. The van der Waals surface area contributed by atoms with Crippen LogP contribution in [0.4, 0.5) is 0 Å². The molecule has 14 heteroatoms. The molecule has 0 unspecified atom stereocenters. The van der Waals surface area contributed by atoms with Crippen molar-refractivity contribution >= 4 is 9.90 Å². The molecule has 0 amide bonds. The van der Waals surface area contributed by atoms with Crippen molar-refractivity contribution in [3.63, 3.8) is 0 Å². The van der Waals surface area contributed by atoms with Gasteiger partial charge in [-0.1, -0.05) is 0 Å². The van der Waals surface area contributed by atoms with Gasteiger partial charge >= 0.3 is 28.8 Å². The fourth-order valence-electron chi connectivity index (χ4n) is 0. The fourth-order valence-corrected chi connectivity index (χ4v) is 0. The van der Waals surface area contributed by atoms with Crippen molar-refractivity contribution in [2.75, 3.05) is 0 Å². The van der Waals surface area contributed by atoms with Crippen LogP contribution in [-0.2, 0) is 0 Å². The van der Waals surface area contributed by atoms with Gasteiger partial charge in [0.2, 0.25) is 0 Å². The smallest absolute Gasteiger partial charge is 0.444 e. The van der Waals surface area contributed by atoms with Gasteiger partial charge in [0.15, 0.2) is 0 Å². The van der Waals surface area contributed by atoms with E-state index in [9.17, 15) is 0 Å². The van der Waals surface area contributed by atoms with Crippen LogP contribution in [0.15, 0.2) is 21.4 Å². The number of hydrogen-bond acceptors (Lipinski definition) is 12. The molecule has 0 aliphatic rings. The van der Waals surface area contributed by atoms with Crippen LogP contribution in [0.3, 0.4) is 0 Å². The molecule has 0 aromatic carbocycles. The molecule has 0 saturated heterocycles. The zero-order valence-electron chi connectivity index (χ0n) is 6.50. The van der Waals surface area contributed by atoms with Crippen LogP contribution < -0.4 is 18.9 Å². The predicted octanol–water partition coefficient (Wildman–Crippen LogP) is -1.13.